The summed E-state index contributed by atoms with van der Waals surface area (Å²) in [7, 11) is 0. The normalized spacial score (nSPS) is 12.8. The summed E-state index contributed by atoms with van der Waals surface area (Å²) in [4.78, 5) is 39.8. The van der Waals surface area contributed by atoms with Crippen LogP contribution in [0.5, 0.6) is 0 Å². The fourth-order valence-electron chi connectivity index (χ4n) is 3.67. The second-order valence-corrected chi connectivity index (χ2v) is 7.67. The number of fused-ring (bicyclic) bond motifs is 1. The van der Waals surface area contributed by atoms with Crippen molar-refractivity contribution in [1.82, 2.24) is 5.32 Å². The molecule has 0 aromatic heterocycles. The largest absolute Gasteiger partial charge is 0.348 e. The molecule has 5 heteroatoms. The van der Waals surface area contributed by atoms with E-state index in [9.17, 15) is 14.4 Å². The Morgan fingerprint density at radius 3 is 2.33 bits per heavy atom. The lowest BCUT2D eigenvalue weighted by atomic mass is 10.1. The second kappa shape index (κ2) is 7.59. The Bertz CT molecular complexity index is 1200. The molecule has 0 spiro atoms. The average molecular weight is 398 g/mol. The van der Waals surface area contributed by atoms with Gasteiger partial charge < -0.3 is 5.32 Å². The van der Waals surface area contributed by atoms with Crippen molar-refractivity contribution in [1.29, 1.82) is 0 Å². The lowest BCUT2D eigenvalue weighted by Gasteiger charge is -2.17. The van der Waals surface area contributed by atoms with Crippen molar-refractivity contribution in [3.63, 3.8) is 0 Å². The van der Waals surface area contributed by atoms with Crippen molar-refractivity contribution in [3.8, 4) is 0 Å². The Morgan fingerprint density at radius 1 is 0.833 bits per heavy atom. The first-order chi connectivity index (χ1) is 14.3. The van der Waals surface area contributed by atoms with Crippen LogP contribution < -0.4 is 10.2 Å². The van der Waals surface area contributed by atoms with E-state index in [-0.39, 0.29) is 17.4 Å². The lowest BCUT2D eigenvalue weighted by molar-refractivity contribution is 0.0923. The predicted octanol–water partition coefficient (Wildman–Crippen LogP) is 4.34. The van der Waals surface area contributed by atoms with Crippen LogP contribution in [0.25, 0.3) is 0 Å². The highest BCUT2D eigenvalue weighted by Crippen LogP contribution is 2.31. The molecular formula is C25H22N2O3. The third-order valence-electron chi connectivity index (χ3n) is 5.29. The van der Waals surface area contributed by atoms with E-state index in [1.807, 2.05) is 63.2 Å². The first kappa shape index (κ1) is 19.6. The van der Waals surface area contributed by atoms with E-state index in [0.29, 0.717) is 23.4 Å². The molecule has 30 heavy (non-hydrogen) atoms. The number of amides is 3. The van der Waals surface area contributed by atoms with Gasteiger partial charge >= 0.3 is 0 Å². The summed E-state index contributed by atoms with van der Waals surface area (Å²) < 4.78 is 0. The van der Waals surface area contributed by atoms with Gasteiger partial charge in [0, 0.05) is 12.1 Å². The van der Waals surface area contributed by atoms with Gasteiger partial charge in [-0.1, -0.05) is 42.0 Å². The molecule has 0 bridgehead atoms. The Balaban J connectivity index is 1.58. The molecule has 0 unspecified atom stereocenters. The summed E-state index contributed by atoms with van der Waals surface area (Å²) in [6, 6.07) is 18.2. The fourth-order valence-corrected chi connectivity index (χ4v) is 3.67. The lowest BCUT2D eigenvalue weighted by Crippen LogP contribution is -2.30. The molecule has 0 aliphatic carbocycles. The smallest absolute Gasteiger partial charge is 0.266 e. The fraction of sp³-hybridized carbons (Fsp3) is 0.160. The Kier molecular flexibility index (Phi) is 4.96. The zero-order chi connectivity index (χ0) is 21.4. The molecule has 0 saturated heterocycles. The number of imide groups is 1. The molecule has 4 rings (SSSR count). The second-order valence-electron chi connectivity index (χ2n) is 7.67. The van der Waals surface area contributed by atoms with E-state index >= 15 is 0 Å². The van der Waals surface area contributed by atoms with Crippen LogP contribution in [0.15, 0.2) is 60.7 Å². The SMILES string of the molecule is Cc1cccc(CNC(=O)c2ccc3c(c2)C(=O)N(c2cc(C)ccc2C)C3=O)c1. The number of hydrogen-bond acceptors (Lipinski definition) is 3. The first-order valence-electron chi connectivity index (χ1n) is 9.79. The van der Waals surface area contributed by atoms with E-state index < -0.39 is 5.91 Å². The molecule has 1 heterocycles. The molecule has 150 valence electrons. The number of aryl methyl sites for hydroxylation is 3. The highest BCUT2D eigenvalue weighted by Gasteiger charge is 2.37. The number of carbonyl (C=O) groups excluding carboxylic acids is 3. The number of benzene rings is 3. The highest BCUT2D eigenvalue weighted by atomic mass is 16.2. The van der Waals surface area contributed by atoms with Gasteiger partial charge in [-0.2, -0.15) is 0 Å². The van der Waals surface area contributed by atoms with Crippen LogP contribution in [0.4, 0.5) is 5.69 Å². The number of carbonyl (C=O) groups is 3. The quantitative estimate of drug-likeness (QED) is 0.665. The molecule has 3 aromatic carbocycles. The maximum Gasteiger partial charge on any atom is 0.266 e. The molecule has 0 atom stereocenters. The third-order valence-corrected chi connectivity index (χ3v) is 5.29. The zero-order valence-electron chi connectivity index (χ0n) is 17.2. The molecule has 1 N–H and O–H groups in total. The van der Waals surface area contributed by atoms with Crippen molar-refractivity contribution in [2.24, 2.45) is 0 Å². The van der Waals surface area contributed by atoms with Gasteiger partial charge in [0.2, 0.25) is 0 Å². The zero-order valence-corrected chi connectivity index (χ0v) is 17.2. The molecule has 0 saturated carbocycles. The summed E-state index contributed by atoms with van der Waals surface area (Å²) >= 11 is 0. The highest BCUT2D eigenvalue weighted by molar-refractivity contribution is 6.35. The standard InChI is InChI=1S/C25H22N2O3/c1-15-5-4-6-18(11-15)14-26-23(28)19-9-10-20-21(13-19)25(30)27(24(20)29)22-12-16(2)7-8-17(22)3/h4-13H,14H2,1-3H3,(H,26,28). The molecule has 1 aliphatic heterocycles. The van der Waals surface area contributed by atoms with Gasteiger partial charge in [-0.15, -0.1) is 0 Å². The Morgan fingerprint density at radius 2 is 1.57 bits per heavy atom. The minimum Gasteiger partial charge on any atom is -0.348 e. The van der Waals surface area contributed by atoms with Crippen molar-refractivity contribution in [2.45, 2.75) is 27.3 Å². The first-order valence-corrected chi connectivity index (χ1v) is 9.79. The topological polar surface area (TPSA) is 66.5 Å². The van der Waals surface area contributed by atoms with Crippen molar-refractivity contribution in [2.75, 3.05) is 4.90 Å². The Labute approximate surface area is 175 Å². The molecule has 0 radical (unpaired) electrons. The van der Waals surface area contributed by atoms with Crippen LogP contribution in [0.1, 0.15) is 53.3 Å². The molecule has 3 amide bonds. The van der Waals surface area contributed by atoms with Crippen LogP contribution in [0.2, 0.25) is 0 Å². The number of anilines is 1. The number of nitrogens with zero attached hydrogens (tertiary/aromatic N) is 1. The van der Waals surface area contributed by atoms with E-state index in [0.717, 1.165) is 22.3 Å². The Hall–Kier alpha value is -3.73. The van der Waals surface area contributed by atoms with Gasteiger partial charge in [0.05, 0.1) is 16.8 Å². The molecule has 5 nitrogen and oxygen atoms in total. The minimum atomic E-state index is -0.406. The summed E-state index contributed by atoms with van der Waals surface area (Å²) in [5, 5.41) is 2.87. The van der Waals surface area contributed by atoms with Gasteiger partial charge in [-0.05, 0) is 61.7 Å². The van der Waals surface area contributed by atoms with Gasteiger partial charge in [0.1, 0.15) is 0 Å². The van der Waals surface area contributed by atoms with E-state index in [4.69, 9.17) is 0 Å². The molecule has 3 aromatic rings. The summed E-state index contributed by atoms with van der Waals surface area (Å²) in [5.74, 6) is -1.06. The van der Waals surface area contributed by atoms with Crippen LogP contribution in [-0.2, 0) is 6.54 Å². The molecule has 1 aliphatic rings. The van der Waals surface area contributed by atoms with Gasteiger partial charge in [-0.3, -0.25) is 14.4 Å². The van der Waals surface area contributed by atoms with E-state index in [1.54, 1.807) is 12.1 Å². The molecular weight excluding hydrogens is 376 g/mol. The monoisotopic (exact) mass is 398 g/mol. The van der Waals surface area contributed by atoms with Crippen molar-refractivity contribution < 1.29 is 14.4 Å². The summed E-state index contributed by atoms with van der Waals surface area (Å²) in [5.41, 5.74) is 5.42. The number of rotatable bonds is 4. The van der Waals surface area contributed by atoms with Crippen LogP contribution >= 0.6 is 0 Å². The molecule has 0 fully saturated rings. The number of hydrogen-bond donors (Lipinski definition) is 1. The predicted molar refractivity (Wildman–Crippen MR) is 116 cm³/mol. The van der Waals surface area contributed by atoms with Crippen LogP contribution in [0, 0.1) is 20.8 Å². The van der Waals surface area contributed by atoms with Gasteiger partial charge in [-0.25, -0.2) is 4.90 Å². The maximum absolute atomic E-state index is 13.0. The van der Waals surface area contributed by atoms with Crippen LogP contribution in [-0.4, -0.2) is 17.7 Å². The van der Waals surface area contributed by atoms with Gasteiger partial charge in [0.15, 0.2) is 0 Å². The van der Waals surface area contributed by atoms with Crippen molar-refractivity contribution in [3.05, 3.63) is 99.6 Å². The maximum atomic E-state index is 13.0. The average Bonchev–Trinajstić information content (AvgIpc) is 2.98. The summed E-state index contributed by atoms with van der Waals surface area (Å²) in [6.07, 6.45) is 0. The minimum absolute atomic E-state index is 0.254. The number of nitrogens with one attached hydrogen (secondary N) is 1. The van der Waals surface area contributed by atoms with Crippen LogP contribution in [0.3, 0.4) is 0 Å². The van der Waals surface area contributed by atoms with Gasteiger partial charge in [0.25, 0.3) is 17.7 Å². The van der Waals surface area contributed by atoms with Crippen molar-refractivity contribution >= 4 is 23.4 Å². The third kappa shape index (κ3) is 3.50. The van der Waals surface area contributed by atoms with E-state index in [1.165, 1.54) is 11.0 Å². The van der Waals surface area contributed by atoms with E-state index in [2.05, 4.69) is 5.32 Å². The summed E-state index contributed by atoms with van der Waals surface area (Å²) in [6.45, 7) is 6.16.